The average Bonchev–Trinajstić information content (AvgIpc) is 2.84. The zero-order chi connectivity index (χ0) is 19.4. The lowest BCUT2D eigenvalue weighted by atomic mass is 9.96. The quantitative estimate of drug-likeness (QED) is 0.898. The first-order valence-corrected chi connectivity index (χ1v) is 9.50. The third kappa shape index (κ3) is 4.86. The minimum Gasteiger partial charge on any atom is -0.491 e. The number of hydrogen-bond acceptors (Lipinski definition) is 4. The van der Waals surface area contributed by atoms with E-state index in [0.717, 1.165) is 17.7 Å². The Labute approximate surface area is 161 Å². The normalized spacial score (nSPS) is 20.2. The summed E-state index contributed by atoms with van der Waals surface area (Å²) in [6.07, 6.45) is 5.21. The fraction of sp³-hybridized carbons (Fsp3) is 0.455. The number of pyridine rings is 1. The Morgan fingerprint density at radius 1 is 1.15 bits per heavy atom. The number of rotatable bonds is 4. The lowest BCUT2D eigenvalue weighted by molar-refractivity contribution is -0.0163. The number of aliphatic hydroxyl groups is 1. The van der Waals surface area contributed by atoms with Gasteiger partial charge in [0.2, 0.25) is 0 Å². The molecule has 1 atom stereocenters. The number of benzene rings is 1. The first-order valence-electron chi connectivity index (χ1n) is 9.50. The van der Waals surface area contributed by atoms with E-state index in [1.54, 1.807) is 12.4 Å². The fourth-order valence-corrected chi connectivity index (χ4v) is 3.40. The monoisotopic (exact) mass is 368 g/mol. The first-order chi connectivity index (χ1) is 12.9. The molecule has 0 bridgehead atoms. The average molecular weight is 368 g/mol. The van der Waals surface area contributed by atoms with E-state index in [1.165, 1.54) is 11.1 Å². The molecule has 2 aromatic rings. The van der Waals surface area contributed by atoms with E-state index in [9.17, 15) is 9.90 Å². The summed E-state index contributed by atoms with van der Waals surface area (Å²) < 4.78 is 5.87. The first kappa shape index (κ1) is 19.4. The number of nitrogens with zero attached hydrogens (tertiary/aromatic N) is 2. The van der Waals surface area contributed by atoms with Crippen molar-refractivity contribution in [1.29, 1.82) is 0 Å². The molecule has 27 heavy (non-hydrogen) atoms. The molecule has 1 aliphatic heterocycles. The van der Waals surface area contributed by atoms with E-state index >= 15 is 0 Å². The maximum absolute atomic E-state index is 12.7. The van der Waals surface area contributed by atoms with Crippen LogP contribution in [0.2, 0.25) is 0 Å². The predicted molar refractivity (Wildman–Crippen MR) is 105 cm³/mol. The van der Waals surface area contributed by atoms with Gasteiger partial charge in [0.1, 0.15) is 18.0 Å². The Balaban J connectivity index is 1.61. The van der Waals surface area contributed by atoms with Crippen LogP contribution in [0, 0.1) is 20.8 Å². The zero-order valence-corrected chi connectivity index (χ0v) is 16.4. The summed E-state index contributed by atoms with van der Waals surface area (Å²) in [5.41, 5.74) is 3.04. The Hall–Kier alpha value is -2.40. The molecule has 144 valence electrons. The van der Waals surface area contributed by atoms with Gasteiger partial charge >= 0.3 is 0 Å². The van der Waals surface area contributed by atoms with E-state index in [1.807, 2.05) is 43.0 Å². The van der Waals surface area contributed by atoms with Crippen molar-refractivity contribution in [1.82, 2.24) is 9.88 Å². The number of carbonyl (C=O) groups is 1. The van der Waals surface area contributed by atoms with Gasteiger partial charge in [-0.3, -0.25) is 9.78 Å². The van der Waals surface area contributed by atoms with Gasteiger partial charge in [-0.05, 0) is 74.9 Å². The summed E-state index contributed by atoms with van der Waals surface area (Å²) >= 11 is 0. The second-order valence-corrected chi connectivity index (χ2v) is 7.66. The summed E-state index contributed by atoms with van der Waals surface area (Å²) in [4.78, 5) is 18.7. The van der Waals surface area contributed by atoms with Gasteiger partial charge in [0.25, 0.3) is 5.91 Å². The summed E-state index contributed by atoms with van der Waals surface area (Å²) in [6, 6.07) is 7.81. The molecule has 0 aliphatic carbocycles. The van der Waals surface area contributed by atoms with Crippen molar-refractivity contribution in [2.45, 2.75) is 45.6 Å². The highest BCUT2D eigenvalue weighted by molar-refractivity contribution is 5.94. The molecule has 1 fully saturated rings. The number of carbonyl (C=O) groups excluding carboxylic acids is 1. The molecule has 1 aliphatic rings. The van der Waals surface area contributed by atoms with Crippen LogP contribution in [0.1, 0.15) is 46.3 Å². The SMILES string of the molecule is Cc1cncc(C(=O)N2CCCC(O)(COc3ccc(C)c(C)c3)CC2)c1. The van der Waals surface area contributed by atoms with E-state index in [2.05, 4.69) is 11.9 Å². The van der Waals surface area contributed by atoms with Gasteiger partial charge in [0.15, 0.2) is 0 Å². The van der Waals surface area contributed by atoms with Crippen LogP contribution < -0.4 is 4.74 Å². The van der Waals surface area contributed by atoms with E-state index in [4.69, 9.17) is 4.74 Å². The zero-order valence-electron chi connectivity index (χ0n) is 16.4. The number of aryl methyl sites for hydroxylation is 3. The van der Waals surface area contributed by atoms with Gasteiger partial charge in [0, 0.05) is 25.5 Å². The highest BCUT2D eigenvalue weighted by Gasteiger charge is 2.32. The van der Waals surface area contributed by atoms with Crippen LogP contribution in [0.15, 0.2) is 36.7 Å². The lowest BCUT2D eigenvalue weighted by Crippen LogP contribution is -2.38. The Bertz CT molecular complexity index is 821. The van der Waals surface area contributed by atoms with E-state index in [-0.39, 0.29) is 12.5 Å². The molecule has 1 amide bonds. The maximum atomic E-state index is 12.7. The summed E-state index contributed by atoms with van der Waals surface area (Å²) in [5.74, 6) is 0.750. The summed E-state index contributed by atoms with van der Waals surface area (Å²) in [6.45, 7) is 7.43. The third-order valence-corrected chi connectivity index (χ3v) is 5.31. The van der Waals surface area contributed by atoms with Gasteiger partial charge in [-0.25, -0.2) is 0 Å². The second-order valence-electron chi connectivity index (χ2n) is 7.66. The lowest BCUT2D eigenvalue weighted by Gasteiger charge is -2.27. The molecule has 1 aromatic carbocycles. The maximum Gasteiger partial charge on any atom is 0.255 e. The van der Waals surface area contributed by atoms with Gasteiger partial charge in [-0.1, -0.05) is 6.07 Å². The van der Waals surface area contributed by atoms with Crippen molar-refractivity contribution in [2.24, 2.45) is 0 Å². The molecule has 1 saturated heterocycles. The highest BCUT2D eigenvalue weighted by Crippen LogP contribution is 2.25. The third-order valence-electron chi connectivity index (χ3n) is 5.31. The summed E-state index contributed by atoms with van der Waals surface area (Å²) in [5, 5.41) is 11.0. The van der Waals surface area contributed by atoms with Crippen molar-refractivity contribution in [3.05, 3.63) is 58.9 Å². The van der Waals surface area contributed by atoms with Crippen molar-refractivity contribution in [2.75, 3.05) is 19.7 Å². The number of amides is 1. The molecule has 3 rings (SSSR count). The van der Waals surface area contributed by atoms with Crippen LogP contribution in [0.25, 0.3) is 0 Å². The van der Waals surface area contributed by atoms with E-state index < -0.39 is 5.60 Å². The minimum atomic E-state index is -0.918. The summed E-state index contributed by atoms with van der Waals surface area (Å²) in [7, 11) is 0. The second kappa shape index (κ2) is 8.09. The van der Waals surface area contributed by atoms with Crippen LogP contribution in [0.3, 0.4) is 0 Å². The molecule has 2 heterocycles. The van der Waals surface area contributed by atoms with Gasteiger partial charge < -0.3 is 14.7 Å². The molecule has 0 spiro atoms. The van der Waals surface area contributed by atoms with Gasteiger partial charge in [-0.15, -0.1) is 0 Å². The van der Waals surface area contributed by atoms with Crippen LogP contribution >= 0.6 is 0 Å². The number of hydrogen-bond donors (Lipinski definition) is 1. The molecule has 5 nitrogen and oxygen atoms in total. The van der Waals surface area contributed by atoms with Crippen molar-refractivity contribution < 1.29 is 14.6 Å². The minimum absolute atomic E-state index is 0.0227. The fourth-order valence-electron chi connectivity index (χ4n) is 3.40. The van der Waals surface area contributed by atoms with Gasteiger partial charge in [0.05, 0.1) is 5.56 Å². The standard InChI is InChI=1S/C22H28N2O3/c1-16-11-19(14-23-13-16)21(25)24-9-4-7-22(26,8-10-24)15-27-20-6-5-17(2)18(3)12-20/h5-6,11-14,26H,4,7-10,15H2,1-3H3. The van der Waals surface area contributed by atoms with Crippen molar-refractivity contribution >= 4 is 5.91 Å². The van der Waals surface area contributed by atoms with Crippen LogP contribution in [-0.4, -0.2) is 46.2 Å². The van der Waals surface area contributed by atoms with Crippen molar-refractivity contribution in [3.63, 3.8) is 0 Å². The molecule has 1 N–H and O–H groups in total. The Morgan fingerprint density at radius 3 is 2.70 bits per heavy atom. The molecular formula is C22H28N2O3. The molecule has 5 heteroatoms. The predicted octanol–water partition coefficient (Wildman–Crippen LogP) is 3.44. The van der Waals surface area contributed by atoms with E-state index in [0.29, 0.717) is 31.5 Å². The molecule has 0 radical (unpaired) electrons. The number of likely N-dealkylation sites (tertiary alicyclic amines) is 1. The molecular weight excluding hydrogens is 340 g/mol. The van der Waals surface area contributed by atoms with Crippen molar-refractivity contribution in [3.8, 4) is 5.75 Å². The highest BCUT2D eigenvalue weighted by atomic mass is 16.5. The van der Waals surface area contributed by atoms with Crippen LogP contribution in [-0.2, 0) is 0 Å². The largest absolute Gasteiger partial charge is 0.491 e. The van der Waals surface area contributed by atoms with Gasteiger partial charge in [-0.2, -0.15) is 0 Å². The number of aromatic nitrogens is 1. The van der Waals surface area contributed by atoms with Crippen LogP contribution in [0.4, 0.5) is 0 Å². The molecule has 1 aromatic heterocycles. The van der Waals surface area contributed by atoms with Crippen LogP contribution in [0.5, 0.6) is 5.75 Å². The Morgan fingerprint density at radius 2 is 1.96 bits per heavy atom. The topological polar surface area (TPSA) is 62.7 Å². The Kier molecular flexibility index (Phi) is 5.80. The molecule has 1 unspecified atom stereocenters. The number of ether oxygens (including phenoxy) is 1. The molecule has 0 saturated carbocycles. The smallest absolute Gasteiger partial charge is 0.255 e.